The molecule has 1 aliphatic rings. The van der Waals surface area contributed by atoms with E-state index in [0.29, 0.717) is 39.1 Å². The minimum atomic E-state index is -0.195. The molecule has 0 bridgehead atoms. The predicted molar refractivity (Wildman–Crippen MR) is 133 cm³/mol. The number of nitrogens with one attached hydrogen (secondary N) is 1. The second kappa shape index (κ2) is 9.67. The summed E-state index contributed by atoms with van der Waals surface area (Å²) in [7, 11) is 1.57. The molecule has 0 radical (unpaired) electrons. The first-order valence-corrected chi connectivity index (χ1v) is 11.4. The molecule has 7 heteroatoms. The molecule has 32 heavy (non-hydrogen) atoms. The maximum Gasteiger partial charge on any atom is 0.264 e. The number of amidine groups is 1. The van der Waals surface area contributed by atoms with Gasteiger partial charge in [0.15, 0.2) is 5.17 Å². The van der Waals surface area contributed by atoms with Crippen molar-refractivity contribution in [2.24, 2.45) is 10.9 Å². The Morgan fingerprint density at radius 3 is 2.59 bits per heavy atom. The Labute approximate surface area is 196 Å². The van der Waals surface area contributed by atoms with Gasteiger partial charge in [0.2, 0.25) is 0 Å². The highest BCUT2D eigenvalue weighted by atomic mass is 35.5. The topological polar surface area (TPSA) is 59.9 Å². The smallest absolute Gasteiger partial charge is 0.264 e. The van der Waals surface area contributed by atoms with E-state index in [1.807, 2.05) is 42.5 Å². The van der Waals surface area contributed by atoms with Crippen molar-refractivity contribution in [3.63, 3.8) is 0 Å². The lowest BCUT2D eigenvalue weighted by Crippen LogP contribution is -2.19. The third kappa shape index (κ3) is 4.92. The van der Waals surface area contributed by atoms with Gasteiger partial charge in [-0.2, -0.15) is 0 Å². The molecule has 0 atom stereocenters. The molecular formula is C25H23ClN2O3S. The largest absolute Gasteiger partial charge is 0.494 e. The molecular weight excluding hydrogens is 444 g/mol. The molecule has 0 aromatic heterocycles. The average molecular weight is 467 g/mol. The molecule has 3 aromatic rings. The number of benzene rings is 3. The number of carbonyl (C=O) groups excluding carboxylic acids is 1. The monoisotopic (exact) mass is 466 g/mol. The SMILES string of the molecule is COc1ccc(Cl)cc1N=C1NC(=O)/C(=C/c2ccc(OCC(C)C)c3ccccc23)S1. The zero-order chi connectivity index (χ0) is 22.7. The normalized spacial score (nSPS) is 16.2. The molecule has 3 aromatic carbocycles. The Balaban J connectivity index is 1.66. The first-order valence-electron chi connectivity index (χ1n) is 10.2. The van der Waals surface area contributed by atoms with Gasteiger partial charge < -0.3 is 14.8 Å². The van der Waals surface area contributed by atoms with E-state index in [4.69, 9.17) is 21.1 Å². The number of thioether (sulfide) groups is 1. The zero-order valence-corrected chi connectivity index (χ0v) is 19.6. The van der Waals surface area contributed by atoms with Gasteiger partial charge in [-0.05, 0) is 59.0 Å². The quantitative estimate of drug-likeness (QED) is 0.425. The summed E-state index contributed by atoms with van der Waals surface area (Å²) in [5, 5.41) is 5.88. The highest BCUT2D eigenvalue weighted by Crippen LogP contribution is 2.36. The molecule has 1 amide bonds. The summed E-state index contributed by atoms with van der Waals surface area (Å²) in [6, 6.07) is 17.2. The van der Waals surface area contributed by atoms with E-state index in [1.54, 1.807) is 25.3 Å². The van der Waals surface area contributed by atoms with Crippen LogP contribution in [0.3, 0.4) is 0 Å². The number of hydrogen-bond donors (Lipinski definition) is 1. The van der Waals surface area contributed by atoms with Crippen LogP contribution in [0.4, 0.5) is 5.69 Å². The lowest BCUT2D eigenvalue weighted by Gasteiger charge is -2.13. The minimum Gasteiger partial charge on any atom is -0.494 e. The van der Waals surface area contributed by atoms with Gasteiger partial charge in [-0.15, -0.1) is 0 Å². The number of ether oxygens (including phenoxy) is 2. The van der Waals surface area contributed by atoms with Crippen molar-refractivity contribution in [3.8, 4) is 11.5 Å². The molecule has 5 nitrogen and oxygen atoms in total. The third-order valence-electron chi connectivity index (χ3n) is 4.79. The van der Waals surface area contributed by atoms with Gasteiger partial charge >= 0.3 is 0 Å². The first-order chi connectivity index (χ1) is 15.4. The van der Waals surface area contributed by atoms with Crippen LogP contribution in [0.5, 0.6) is 11.5 Å². The highest BCUT2D eigenvalue weighted by Gasteiger charge is 2.24. The molecule has 1 aliphatic heterocycles. The lowest BCUT2D eigenvalue weighted by atomic mass is 10.0. The van der Waals surface area contributed by atoms with Crippen LogP contribution >= 0.6 is 23.4 Å². The van der Waals surface area contributed by atoms with Crippen molar-refractivity contribution in [2.45, 2.75) is 13.8 Å². The van der Waals surface area contributed by atoms with Gasteiger partial charge in [0, 0.05) is 10.4 Å². The molecule has 0 spiro atoms. The van der Waals surface area contributed by atoms with Gasteiger partial charge in [0.05, 0.1) is 18.6 Å². The molecule has 1 saturated heterocycles. The van der Waals surface area contributed by atoms with Gasteiger partial charge in [0.25, 0.3) is 5.91 Å². The average Bonchev–Trinajstić information content (AvgIpc) is 3.11. The summed E-state index contributed by atoms with van der Waals surface area (Å²) < 4.78 is 11.3. The van der Waals surface area contributed by atoms with Crippen LogP contribution in [0.1, 0.15) is 19.4 Å². The number of halogens is 1. The summed E-state index contributed by atoms with van der Waals surface area (Å²) in [5.74, 6) is 1.66. The predicted octanol–water partition coefficient (Wildman–Crippen LogP) is 6.43. The summed E-state index contributed by atoms with van der Waals surface area (Å²) in [6.45, 7) is 4.89. The van der Waals surface area contributed by atoms with E-state index in [1.165, 1.54) is 11.8 Å². The standard InChI is InChI=1S/C25H23ClN2O3S/c1-15(2)14-31-21-10-8-16(18-6-4-5-7-19(18)21)12-23-24(29)28-25(32-23)27-20-13-17(26)9-11-22(20)30-3/h4-13,15H,14H2,1-3H3,(H,27,28,29)/b23-12-. The molecule has 1 fully saturated rings. The first kappa shape index (κ1) is 22.2. The number of nitrogens with zero attached hydrogens (tertiary/aromatic N) is 1. The number of amides is 1. The van der Waals surface area contributed by atoms with E-state index in [2.05, 4.69) is 24.2 Å². The number of fused-ring (bicyclic) bond motifs is 1. The number of aliphatic imine (C=N–C) groups is 1. The Bertz CT molecular complexity index is 1240. The summed E-state index contributed by atoms with van der Waals surface area (Å²) >= 11 is 7.37. The molecule has 1 heterocycles. The minimum absolute atomic E-state index is 0.195. The number of hydrogen-bond acceptors (Lipinski definition) is 5. The molecule has 4 rings (SSSR count). The van der Waals surface area contributed by atoms with Gasteiger partial charge in [-0.25, -0.2) is 4.99 Å². The van der Waals surface area contributed by atoms with Crippen LogP contribution in [0.2, 0.25) is 5.02 Å². The van der Waals surface area contributed by atoms with Gasteiger partial charge in [0.1, 0.15) is 17.2 Å². The zero-order valence-electron chi connectivity index (χ0n) is 18.0. The van der Waals surface area contributed by atoms with Gasteiger partial charge in [-0.1, -0.05) is 55.8 Å². The van der Waals surface area contributed by atoms with Crippen LogP contribution in [0.15, 0.2) is 64.5 Å². The summed E-state index contributed by atoms with van der Waals surface area (Å²) in [5.41, 5.74) is 1.50. The molecule has 0 saturated carbocycles. The fraction of sp³-hybridized carbons (Fsp3) is 0.200. The van der Waals surface area contributed by atoms with E-state index in [-0.39, 0.29) is 5.91 Å². The number of methoxy groups -OCH3 is 1. The van der Waals surface area contributed by atoms with E-state index < -0.39 is 0 Å². The van der Waals surface area contributed by atoms with Crippen molar-refractivity contribution < 1.29 is 14.3 Å². The van der Waals surface area contributed by atoms with Crippen molar-refractivity contribution >= 4 is 57.0 Å². The summed E-state index contributed by atoms with van der Waals surface area (Å²) in [4.78, 5) is 17.7. The maximum atomic E-state index is 12.6. The van der Waals surface area contributed by atoms with E-state index >= 15 is 0 Å². The Kier molecular flexibility index (Phi) is 6.72. The molecule has 0 unspecified atom stereocenters. The molecule has 0 aliphatic carbocycles. The fourth-order valence-corrected chi connectivity index (χ4v) is 4.28. The van der Waals surface area contributed by atoms with Crippen molar-refractivity contribution in [2.75, 3.05) is 13.7 Å². The molecule has 1 N–H and O–H groups in total. The lowest BCUT2D eigenvalue weighted by molar-refractivity contribution is -0.115. The van der Waals surface area contributed by atoms with Crippen LogP contribution in [0, 0.1) is 5.92 Å². The van der Waals surface area contributed by atoms with Gasteiger partial charge in [-0.3, -0.25) is 4.79 Å². The maximum absolute atomic E-state index is 12.6. The van der Waals surface area contributed by atoms with Crippen LogP contribution in [-0.4, -0.2) is 24.8 Å². The fourth-order valence-electron chi connectivity index (χ4n) is 3.28. The van der Waals surface area contributed by atoms with Crippen LogP contribution in [-0.2, 0) is 4.79 Å². The number of carbonyl (C=O) groups is 1. The van der Waals surface area contributed by atoms with Crippen LogP contribution in [0.25, 0.3) is 16.8 Å². The second-order valence-electron chi connectivity index (χ2n) is 7.70. The Morgan fingerprint density at radius 1 is 1.09 bits per heavy atom. The Hall–Kier alpha value is -2.96. The second-order valence-corrected chi connectivity index (χ2v) is 9.17. The van der Waals surface area contributed by atoms with Crippen LogP contribution < -0.4 is 14.8 Å². The molecule has 164 valence electrons. The number of rotatable bonds is 6. The van der Waals surface area contributed by atoms with Crippen molar-refractivity contribution in [1.82, 2.24) is 5.32 Å². The van der Waals surface area contributed by atoms with E-state index in [9.17, 15) is 4.79 Å². The van der Waals surface area contributed by atoms with Crippen molar-refractivity contribution in [3.05, 3.63) is 70.1 Å². The third-order valence-corrected chi connectivity index (χ3v) is 5.94. The van der Waals surface area contributed by atoms with Crippen molar-refractivity contribution in [1.29, 1.82) is 0 Å². The Morgan fingerprint density at radius 2 is 1.84 bits per heavy atom. The van der Waals surface area contributed by atoms with E-state index in [0.717, 1.165) is 22.1 Å². The summed E-state index contributed by atoms with van der Waals surface area (Å²) in [6.07, 6.45) is 1.88. The highest BCUT2D eigenvalue weighted by molar-refractivity contribution is 8.18.